The lowest BCUT2D eigenvalue weighted by Gasteiger charge is -2.30. The molecule has 0 unspecified atom stereocenters. The highest BCUT2D eigenvalue weighted by Crippen LogP contribution is 2.45. The zero-order chi connectivity index (χ0) is 30.7. The number of aromatic nitrogens is 4. The Kier molecular flexibility index (Phi) is 7.12. The van der Waals surface area contributed by atoms with E-state index in [1.54, 1.807) is 13.2 Å². The third-order valence-electron chi connectivity index (χ3n) is 9.69. The molecule has 0 aromatic carbocycles. The summed E-state index contributed by atoms with van der Waals surface area (Å²) < 4.78 is 10.00. The fourth-order valence-corrected chi connectivity index (χ4v) is 6.52. The molecular weight excluding hydrogens is 558 g/mol. The van der Waals surface area contributed by atoms with Crippen LogP contribution in [0.15, 0.2) is 30.3 Å². The molecule has 3 aliphatic rings. The molecule has 2 amide bonds. The van der Waals surface area contributed by atoms with Gasteiger partial charge in [0.2, 0.25) is 5.91 Å². The van der Waals surface area contributed by atoms with E-state index in [0.29, 0.717) is 48.9 Å². The van der Waals surface area contributed by atoms with Gasteiger partial charge in [0, 0.05) is 42.7 Å². The second kappa shape index (κ2) is 10.9. The van der Waals surface area contributed by atoms with Gasteiger partial charge in [-0.2, -0.15) is 0 Å². The third-order valence-corrected chi connectivity index (χ3v) is 9.69. The molecule has 44 heavy (non-hydrogen) atoms. The van der Waals surface area contributed by atoms with Gasteiger partial charge >= 0.3 is 0 Å². The van der Waals surface area contributed by atoms with Crippen molar-refractivity contribution < 1.29 is 19.4 Å². The number of hydrogen-bond donors (Lipinski definition) is 3. The molecule has 1 aliphatic heterocycles. The Morgan fingerprint density at radius 1 is 1.18 bits per heavy atom. The van der Waals surface area contributed by atoms with E-state index >= 15 is 0 Å². The number of nitrogens with two attached hydrogens (primary N) is 1. The molecule has 2 saturated carbocycles. The molecule has 4 aromatic heterocycles. The zero-order valence-corrected chi connectivity index (χ0v) is 25.7. The molecule has 3 fully saturated rings. The normalized spacial score (nSPS) is 20.2. The van der Waals surface area contributed by atoms with Gasteiger partial charge in [0.05, 0.1) is 42.3 Å². The monoisotopic (exact) mass is 599 g/mol. The van der Waals surface area contributed by atoms with E-state index < -0.39 is 5.41 Å². The molecule has 1 saturated heterocycles. The number of pyridine rings is 2. The largest absolute Gasteiger partial charge is 0.482 e. The maximum absolute atomic E-state index is 13.5. The SMILES string of the molecule is COc1cc(C(=O)N2CCC[C@@H](N)C2)cc2nc(-c3cc4ccc([C@@H](C)NC(=O)C5(CO)CC5)nc4n3CC3CC3)c(C)n12. The number of hydrogen-bond acceptors (Lipinski definition) is 7. The number of likely N-dealkylation sites (tertiary alicyclic amines) is 1. The molecule has 4 aromatic rings. The molecule has 0 spiro atoms. The molecule has 4 N–H and O–H groups in total. The third kappa shape index (κ3) is 5.01. The summed E-state index contributed by atoms with van der Waals surface area (Å²) in [4.78, 5) is 38.2. The first kappa shape index (κ1) is 28.8. The van der Waals surface area contributed by atoms with Gasteiger partial charge in [-0.15, -0.1) is 0 Å². The summed E-state index contributed by atoms with van der Waals surface area (Å²) in [7, 11) is 1.61. The lowest BCUT2D eigenvalue weighted by atomic mass is 10.1. The van der Waals surface area contributed by atoms with Crippen molar-refractivity contribution in [3.8, 4) is 17.3 Å². The summed E-state index contributed by atoms with van der Waals surface area (Å²) in [5.74, 6) is 0.960. The minimum Gasteiger partial charge on any atom is -0.482 e. The van der Waals surface area contributed by atoms with Gasteiger partial charge in [0.25, 0.3) is 5.91 Å². The number of methoxy groups -OCH3 is 1. The number of piperidine rings is 1. The van der Waals surface area contributed by atoms with Crippen LogP contribution in [0, 0.1) is 18.3 Å². The fraction of sp³-hybridized carbons (Fsp3) is 0.515. The number of nitrogens with one attached hydrogen (secondary N) is 1. The molecule has 0 bridgehead atoms. The average Bonchev–Trinajstić information content (AvgIpc) is 3.95. The zero-order valence-electron chi connectivity index (χ0n) is 25.7. The highest BCUT2D eigenvalue weighted by atomic mass is 16.5. The molecule has 0 radical (unpaired) electrons. The first-order chi connectivity index (χ1) is 21.2. The van der Waals surface area contributed by atoms with Crippen LogP contribution in [0.3, 0.4) is 0 Å². The van der Waals surface area contributed by atoms with Crippen LogP contribution in [0.5, 0.6) is 5.88 Å². The van der Waals surface area contributed by atoms with Crippen molar-refractivity contribution in [3.63, 3.8) is 0 Å². The van der Waals surface area contributed by atoms with Crippen molar-refractivity contribution in [2.45, 2.75) is 71.0 Å². The summed E-state index contributed by atoms with van der Waals surface area (Å²) in [5.41, 5.74) is 11.0. The van der Waals surface area contributed by atoms with E-state index in [2.05, 4.69) is 22.0 Å². The number of aliphatic hydroxyl groups is 1. The highest BCUT2D eigenvalue weighted by molar-refractivity contribution is 5.96. The van der Waals surface area contributed by atoms with Crippen LogP contribution < -0.4 is 15.8 Å². The summed E-state index contributed by atoms with van der Waals surface area (Å²) in [6.07, 6.45) is 5.61. The number of nitrogens with zero attached hydrogens (tertiary/aromatic N) is 5. The van der Waals surface area contributed by atoms with Crippen LogP contribution in [-0.4, -0.2) is 73.6 Å². The van der Waals surface area contributed by atoms with E-state index in [-0.39, 0.29) is 30.5 Å². The van der Waals surface area contributed by atoms with Crippen LogP contribution in [0.25, 0.3) is 28.1 Å². The van der Waals surface area contributed by atoms with Crippen LogP contribution in [-0.2, 0) is 11.3 Å². The average molecular weight is 600 g/mol. The van der Waals surface area contributed by atoms with Crippen LogP contribution >= 0.6 is 0 Å². The van der Waals surface area contributed by atoms with Crippen molar-refractivity contribution in [1.82, 2.24) is 29.2 Å². The number of amides is 2. The van der Waals surface area contributed by atoms with Crippen molar-refractivity contribution in [3.05, 3.63) is 47.3 Å². The van der Waals surface area contributed by atoms with E-state index in [9.17, 15) is 14.7 Å². The predicted molar refractivity (Wildman–Crippen MR) is 166 cm³/mol. The predicted octanol–water partition coefficient (Wildman–Crippen LogP) is 3.59. The lowest BCUT2D eigenvalue weighted by molar-refractivity contribution is -0.128. The number of carbonyl (C=O) groups is 2. The minimum atomic E-state index is -0.634. The number of carbonyl (C=O) groups excluding carboxylic acids is 2. The first-order valence-electron chi connectivity index (χ1n) is 15.8. The van der Waals surface area contributed by atoms with Crippen LogP contribution in [0.4, 0.5) is 0 Å². The fourth-order valence-electron chi connectivity index (χ4n) is 6.52. The van der Waals surface area contributed by atoms with Crippen molar-refractivity contribution >= 4 is 28.5 Å². The Morgan fingerprint density at radius 2 is 1.98 bits per heavy atom. The second-order valence-corrected chi connectivity index (χ2v) is 13.0. The number of fused-ring (bicyclic) bond motifs is 2. The number of aliphatic hydroxyl groups excluding tert-OH is 1. The summed E-state index contributed by atoms with van der Waals surface area (Å²) in [6, 6.07) is 9.48. The number of rotatable bonds is 9. The minimum absolute atomic E-state index is 0.00394. The molecule has 232 valence electrons. The van der Waals surface area contributed by atoms with E-state index in [1.165, 1.54) is 12.8 Å². The number of aryl methyl sites for hydroxylation is 1. The van der Waals surface area contributed by atoms with Gasteiger partial charge < -0.3 is 30.4 Å². The summed E-state index contributed by atoms with van der Waals surface area (Å²) >= 11 is 0. The van der Waals surface area contributed by atoms with Gasteiger partial charge in [-0.05, 0) is 82.6 Å². The van der Waals surface area contributed by atoms with Crippen molar-refractivity contribution in [2.24, 2.45) is 17.1 Å². The standard InChI is InChI=1S/C33H41N7O4/c1-19(35-32(43)33(18-41)10-11-33)25-9-8-22-13-26(39(30(22)36-25)16-21-6-7-21)29-20(2)40-27(37-29)14-23(15-28(40)44-3)31(42)38-12-4-5-24(34)17-38/h8-9,13-15,19,21,24,41H,4-7,10-12,16-18,34H2,1-3H3,(H,35,43)/t19-,24-/m1/s1. The summed E-state index contributed by atoms with van der Waals surface area (Å²) in [5, 5.41) is 13.8. The number of ether oxygens (including phenoxy) is 1. The topological polar surface area (TPSA) is 140 Å². The highest BCUT2D eigenvalue weighted by Gasteiger charge is 2.49. The van der Waals surface area contributed by atoms with Crippen molar-refractivity contribution in [1.29, 1.82) is 0 Å². The van der Waals surface area contributed by atoms with Crippen LogP contribution in [0.2, 0.25) is 0 Å². The second-order valence-electron chi connectivity index (χ2n) is 13.0. The quantitative estimate of drug-likeness (QED) is 0.267. The molecule has 2 atom stereocenters. The number of imidazole rings is 1. The van der Waals surface area contributed by atoms with Crippen molar-refractivity contribution in [2.75, 3.05) is 26.8 Å². The Bertz CT molecular complexity index is 1770. The van der Waals surface area contributed by atoms with Gasteiger partial charge in [0.15, 0.2) is 5.88 Å². The van der Waals surface area contributed by atoms with Gasteiger partial charge in [-0.1, -0.05) is 0 Å². The maximum atomic E-state index is 13.5. The Morgan fingerprint density at radius 3 is 2.66 bits per heavy atom. The van der Waals surface area contributed by atoms with E-state index in [1.807, 2.05) is 35.3 Å². The van der Waals surface area contributed by atoms with Gasteiger partial charge in [-0.25, -0.2) is 9.97 Å². The Hall–Kier alpha value is -3.96. The molecule has 2 aliphatic carbocycles. The Labute approximate surface area is 256 Å². The molecular formula is C33H41N7O4. The van der Waals surface area contributed by atoms with Gasteiger partial charge in [-0.3, -0.25) is 14.0 Å². The molecule has 7 rings (SSSR count). The van der Waals surface area contributed by atoms with Crippen LogP contribution in [0.1, 0.15) is 73.2 Å². The smallest absolute Gasteiger partial charge is 0.254 e. The molecule has 11 nitrogen and oxygen atoms in total. The Balaban J connectivity index is 1.27. The maximum Gasteiger partial charge on any atom is 0.254 e. The summed E-state index contributed by atoms with van der Waals surface area (Å²) in [6.45, 7) is 5.90. The molecule has 5 heterocycles. The van der Waals surface area contributed by atoms with E-state index in [4.69, 9.17) is 20.4 Å². The van der Waals surface area contributed by atoms with E-state index in [0.717, 1.165) is 53.2 Å². The molecule has 11 heteroatoms. The first-order valence-corrected chi connectivity index (χ1v) is 15.8. The van der Waals surface area contributed by atoms with Gasteiger partial charge in [0.1, 0.15) is 17.0 Å². The lowest BCUT2D eigenvalue weighted by Crippen LogP contribution is -2.45.